The van der Waals surface area contributed by atoms with E-state index in [4.69, 9.17) is 10.8 Å². The number of nitrogens with two attached hydrogens (primary N) is 1. The van der Waals surface area contributed by atoms with Gasteiger partial charge in [0.1, 0.15) is 6.04 Å². The van der Waals surface area contributed by atoms with Gasteiger partial charge in [0.2, 0.25) is 11.8 Å². The molecule has 0 aromatic heterocycles. The minimum absolute atomic E-state index is 0.0170. The van der Waals surface area contributed by atoms with Crippen LogP contribution in [0.15, 0.2) is 0 Å². The van der Waals surface area contributed by atoms with Crippen LogP contribution in [0.25, 0.3) is 0 Å². The van der Waals surface area contributed by atoms with E-state index in [9.17, 15) is 14.4 Å². The Morgan fingerprint density at radius 3 is 2.68 bits per heavy atom. The van der Waals surface area contributed by atoms with Crippen LogP contribution in [-0.4, -0.2) is 41.5 Å². The van der Waals surface area contributed by atoms with Crippen molar-refractivity contribution < 1.29 is 19.5 Å². The molecular weight excluding hydrogens is 250 g/mol. The van der Waals surface area contributed by atoms with Gasteiger partial charge in [-0.05, 0) is 25.8 Å². The summed E-state index contributed by atoms with van der Waals surface area (Å²) in [4.78, 5) is 33.6. The lowest BCUT2D eigenvalue weighted by atomic mass is 10.1. The average molecular weight is 271 g/mol. The molecule has 0 aromatic carbocycles. The van der Waals surface area contributed by atoms with Gasteiger partial charge in [-0.3, -0.25) is 9.59 Å². The van der Waals surface area contributed by atoms with Gasteiger partial charge >= 0.3 is 5.97 Å². The molecule has 0 aromatic rings. The summed E-state index contributed by atoms with van der Waals surface area (Å²) in [6, 6.07) is -1.41. The van der Waals surface area contributed by atoms with Crippen molar-refractivity contribution in [3.8, 4) is 0 Å². The van der Waals surface area contributed by atoms with Crippen LogP contribution < -0.4 is 16.4 Å². The van der Waals surface area contributed by atoms with Crippen molar-refractivity contribution in [3.63, 3.8) is 0 Å². The Morgan fingerprint density at radius 1 is 1.32 bits per heavy atom. The smallest absolute Gasteiger partial charge is 0.326 e. The molecule has 1 unspecified atom stereocenters. The van der Waals surface area contributed by atoms with Gasteiger partial charge in [0.25, 0.3) is 0 Å². The molecule has 5 N–H and O–H groups in total. The largest absolute Gasteiger partial charge is 0.480 e. The number of nitrogens with one attached hydrogen (secondary N) is 2. The van der Waals surface area contributed by atoms with Gasteiger partial charge in [0.15, 0.2) is 0 Å². The number of carboxylic acids is 1. The van der Waals surface area contributed by atoms with E-state index in [0.717, 1.165) is 25.8 Å². The van der Waals surface area contributed by atoms with Crippen LogP contribution in [0.5, 0.6) is 0 Å². The van der Waals surface area contributed by atoms with Crippen LogP contribution in [-0.2, 0) is 14.4 Å². The summed E-state index contributed by atoms with van der Waals surface area (Å²) >= 11 is 0. The first-order valence-electron chi connectivity index (χ1n) is 6.55. The van der Waals surface area contributed by atoms with E-state index in [1.165, 1.54) is 0 Å². The zero-order valence-electron chi connectivity index (χ0n) is 10.9. The predicted molar refractivity (Wildman–Crippen MR) is 68.3 cm³/mol. The number of carbonyl (C=O) groups excluding carboxylic acids is 2. The summed E-state index contributed by atoms with van der Waals surface area (Å²) in [5.41, 5.74) is 4.98. The summed E-state index contributed by atoms with van der Waals surface area (Å²) in [6.45, 7) is 0.761. The van der Waals surface area contributed by atoms with E-state index in [1.807, 2.05) is 0 Å². The fourth-order valence-corrected chi connectivity index (χ4v) is 2.07. The van der Waals surface area contributed by atoms with E-state index in [1.54, 1.807) is 0 Å². The maximum atomic E-state index is 12.0. The Labute approximate surface area is 111 Å². The van der Waals surface area contributed by atoms with Crippen molar-refractivity contribution in [3.05, 3.63) is 0 Å². The highest BCUT2D eigenvalue weighted by molar-refractivity contribution is 5.87. The molecule has 1 heterocycles. The number of carbonyl (C=O) groups is 3. The number of carboxylic acid groups (broad SMARTS) is 1. The highest BCUT2D eigenvalue weighted by Gasteiger charge is 2.25. The highest BCUT2D eigenvalue weighted by atomic mass is 16.4. The second kappa shape index (κ2) is 7.73. The molecular formula is C12H21N3O4. The third-order valence-electron chi connectivity index (χ3n) is 3.17. The van der Waals surface area contributed by atoms with E-state index in [0.29, 0.717) is 6.42 Å². The summed E-state index contributed by atoms with van der Waals surface area (Å²) in [5.74, 6) is -2.05. The molecule has 0 bridgehead atoms. The van der Waals surface area contributed by atoms with E-state index in [2.05, 4.69) is 10.6 Å². The third kappa shape index (κ3) is 5.69. The molecule has 0 aliphatic carbocycles. The van der Waals surface area contributed by atoms with Crippen molar-refractivity contribution in [2.24, 2.45) is 5.73 Å². The molecule has 7 nitrogen and oxygen atoms in total. The van der Waals surface area contributed by atoms with Crippen molar-refractivity contribution in [2.45, 2.75) is 50.6 Å². The number of amides is 2. The topological polar surface area (TPSA) is 122 Å². The molecule has 19 heavy (non-hydrogen) atoms. The summed E-state index contributed by atoms with van der Waals surface area (Å²) in [7, 11) is 0. The molecule has 0 spiro atoms. The quantitative estimate of drug-likeness (QED) is 0.511. The first-order valence-corrected chi connectivity index (χ1v) is 6.55. The molecule has 2 amide bonds. The fourth-order valence-electron chi connectivity index (χ4n) is 2.07. The minimum Gasteiger partial charge on any atom is -0.480 e. The first-order chi connectivity index (χ1) is 9.00. The SMILES string of the molecule is NC(=O)CC[C@@H](NC(=O)C1CCCCCN1)C(=O)O. The second-order valence-electron chi connectivity index (χ2n) is 4.76. The second-order valence-corrected chi connectivity index (χ2v) is 4.76. The summed E-state index contributed by atoms with van der Waals surface area (Å²) in [6.07, 6.45) is 3.70. The highest BCUT2D eigenvalue weighted by Crippen LogP contribution is 2.09. The van der Waals surface area contributed by atoms with Crippen LogP contribution in [0.4, 0.5) is 0 Å². The maximum absolute atomic E-state index is 12.0. The van der Waals surface area contributed by atoms with E-state index in [-0.39, 0.29) is 24.8 Å². The zero-order valence-corrected chi connectivity index (χ0v) is 10.9. The first kappa shape index (κ1) is 15.4. The standard InChI is InChI=1S/C12H21N3O4/c13-10(16)6-5-9(12(18)19)15-11(17)8-4-2-1-3-7-14-8/h8-9,14H,1-7H2,(H2,13,16)(H,15,17)(H,18,19)/t8?,9-/m1/s1. The molecule has 0 saturated carbocycles. The van der Waals surface area contributed by atoms with Crippen molar-refractivity contribution in [1.29, 1.82) is 0 Å². The van der Waals surface area contributed by atoms with Crippen molar-refractivity contribution in [1.82, 2.24) is 10.6 Å². The molecule has 1 fully saturated rings. The van der Waals surface area contributed by atoms with E-state index < -0.39 is 17.9 Å². The van der Waals surface area contributed by atoms with Gasteiger partial charge in [0, 0.05) is 6.42 Å². The normalized spacial score (nSPS) is 21.2. The van der Waals surface area contributed by atoms with Crippen LogP contribution in [0.3, 0.4) is 0 Å². The zero-order chi connectivity index (χ0) is 14.3. The van der Waals surface area contributed by atoms with Crippen LogP contribution in [0, 0.1) is 0 Å². The Morgan fingerprint density at radius 2 is 2.05 bits per heavy atom. The molecule has 1 rings (SSSR count). The molecule has 1 saturated heterocycles. The van der Waals surface area contributed by atoms with E-state index >= 15 is 0 Å². The number of aliphatic carboxylic acids is 1. The lowest BCUT2D eigenvalue weighted by Gasteiger charge is -2.19. The van der Waals surface area contributed by atoms with Gasteiger partial charge in [-0.1, -0.05) is 12.8 Å². The monoisotopic (exact) mass is 271 g/mol. The van der Waals surface area contributed by atoms with Gasteiger partial charge < -0.3 is 21.5 Å². The molecule has 1 aliphatic heterocycles. The average Bonchev–Trinajstić information content (AvgIpc) is 2.62. The fraction of sp³-hybridized carbons (Fsp3) is 0.750. The Hall–Kier alpha value is -1.63. The van der Waals surface area contributed by atoms with Crippen molar-refractivity contribution in [2.75, 3.05) is 6.54 Å². The summed E-state index contributed by atoms with van der Waals surface area (Å²) in [5, 5.41) is 14.6. The number of hydrogen-bond donors (Lipinski definition) is 4. The number of primary amides is 1. The molecule has 2 atom stereocenters. The van der Waals surface area contributed by atoms with Gasteiger partial charge in [-0.25, -0.2) is 4.79 Å². The molecule has 108 valence electrons. The molecule has 1 aliphatic rings. The Bertz CT molecular complexity index is 338. The predicted octanol–water partition coefficient (Wildman–Crippen LogP) is -0.646. The van der Waals surface area contributed by atoms with Gasteiger partial charge in [-0.15, -0.1) is 0 Å². The third-order valence-corrected chi connectivity index (χ3v) is 3.17. The van der Waals surface area contributed by atoms with Gasteiger partial charge in [0.05, 0.1) is 6.04 Å². The van der Waals surface area contributed by atoms with Crippen LogP contribution in [0.2, 0.25) is 0 Å². The van der Waals surface area contributed by atoms with Crippen molar-refractivity contribution >= 4 is 17.8 Å². The van der Waals surface area contributed by atoms with Crippen LogP contribution >= 0.6 is 0 Å². The Balaban J connectivity index is 2.49. The molecule has 7 heteroatoms. The minimum atomic E-state index is -1.15. The lowest BCUT2D eigenvalue weighted by Crippen LogP contribution is -2.50. The van der Waals surface area contributed by atoms with Gasteiger partial charge in [-0.2, -0.15) is 0 Å². The number of rotatable bonds is 6. The maximum Gasteiger partial charge on any atom is 0.326 e. The Kier molecular flexibility index (Phi) is 6.27. The lowest BCUT2D eigenvalue weighted by molar-refractivity contribution is -0.142. The summed E-state index contributed by atoms with van der Waals surface area (Å²) < 4.78 is 0. The number of hydrogen-bond acceptors (Lipinski definition) is 4. The molecule has 0 radical (unpaired) electrons. The van der Waals surface area contributed by atoms with Crippen LogP contribution in [0.1, 0.15) is 38.5 Å².